The fraction of sp³-hybridized carbons (Fsp3) is 0.816. The number of rotatable bonds is 32. The normalized spacial score (nSPS) is 14.3. The molecule has 252 valence electrons. The third-order valence-electron chi connectivity index (χ3n) is 8.26. The summed E-state index contributed by atoms with van der Waals surface area (Å²) in [5.74, 6) is -0.188. The molecule has 5 nitrogen and oxygen atoms in total. The van der Waals surface area contributed by atoms with Gasteiger partial charge in [0.25, 0.3) is 0 Å². The second-order valence-corrected chi connectivity index (χ2v) is 12.5. The number of hydrogen-bond acceptors (Lipinski definition) is 4. The Hall–Kier alpha value is -1.43. The van der Waals surface area contributed by atoms with Crippen LogP contribution < -0.4 is 5.32 Å². The molecule has 0 saturated heterocycles. The molecule has 0 bridgehead atoms. The SMILES string of the molecule is CCCCCCCC/C=C/C/C=C/C=C/C(O)CCCC(=O)N[C@@H](CO)[C@H](O)CCCCCCCCCCCCCCC. The molecule has 5 heteroatoms. The van der Waals surface area contributed by atoms with Crippen LogP contribution in [0.5, 0.6) is 0 Å². The molecule has 0 aliphatic rings. The van der Waals surface area contributed by atoms with Gasteiger partial charge in [0.2, 0.25) is 5.91 Å². The van der Waals surface area contributed by atoms with E-state index in [1.54, 1.807) is 6.08 Å². The average molecular weight is 606 g/mol. The molecule has 0 radical (unpaired) electrons. The molecule has 3 atom stereocenters. The Kier molecular flexibility index (Phi) is 32.3. The van der Waals surface area contributed by atoms with Crippen LogP contribution in [0.2, 0.25) is 0 Å². The highest BCUT2D eigenvalue weighted by molar-refractivity contribution is 5.76. The van der Waals surface area contributed by atoms with Crippen molar-refractivity contribution in [2.75, 3.05) is 6.61 Å². The summed E-state index contributed by atoms with van der Waals surface area (Å²) in [6.07, 6.45) is 39.3. The van der Waals surface area contributed by atoms with Crippen molar-refractivity contribution < 1.29 is 20.1 Å². The van der Waals surface area contributed by atoms with Crippen LogP contribution in [0.3, 0.4) is 0 Å². The minimum atomic E-state index is -0.729. The molecule has 0 saturated carbocycles. The van der Waals surface area contributed by atoms with E-state index in [1.807, 2.05) is 12.2 Å². The summed E-state index contributed by atoms with van der Waals surface area (Å²) in [5.41, 5.74) is 0. The Balaban J connectivity index is 3.80. The lowest BCUT2D eigenvalue weighted by molar-refractivity contribution is -0.123. The first-order valence-electron chi connectivity index (χ1n) is 18.3. The second-order valence-electron chi connectivity index (χ2n) is 12.5. The Labute approximate surface area is 266 Å². The zero-order valence-electron chi connectivity index (χ0n) is 28.3. The Morgan fingerprint density at radius 2 is 1.16 bits per heavy atom. The van der Waals surface area contributed by atoms with Crippen molar-refractivity contribution in [3.05, 3.63) is 36.5 Å². The van der Waals surface area contributed by atoms with Crippen molar-refractivity contribution in [1.82, 2.24) is 5.32 Å². The fourth-order valence-corrected chi connectivity index (χ4v) is 5.37. The van der Waals surface area contributed by atoms with E-state index in [-0.39, 0.29) is 18.9 Å². The number of unbranched alkanes of at least 4 members (excludes halogenated alkanes) is 18. The van der Waals surface area contributed by atoms with Gasteiger partial charge in [-0.2, -0.15) is 0 Å². The maximum atomic E-state index is 12.3. The molecular weight excluding hydrogens is 534 g/mol. The fourth-order valence-electron chi connectivity index (χ4n) is 5.37. The monoisotopic (exact) mass is 606 g/mol. The van der Waals surface area contributed by atoms with Crippen molar-refractivity contribution in [3.8, 4) is 0 Å². The standard InChI is InChI=1S/C38H71NO4/c1-3-5-7-9-11-13-15-17-19-21-23-25-27-30-35(41)31-29-33-38(43)39-36(34-40)37(42)32-28-26-24-22-20-18-16-14-12-10-8-6-4-2/h17,19,23,25,27,30,35-37,40-42H,3-16,18,20-22,24,26,28-29,31-34H2,1-2H3,(H,39,43)/b19-17+,25-23+,30-27+/t35?,36-,37+/m0/s1. The molecule has 0 heterocycles. The molecule has 0 aliphatic heterocycles. The maximum absolute atomic E-state index is 12.3. The van der Waals surface area contributed by atoms with Gasteiger partial charge in [0.15, 0.2) is 0 Å². The predicted molar refractivity (Wildman–Crippen MR) is 185 cm³/mol. The lowest BCUT2D eigenvalue weighted by atomic mass is 10.0. The Morgan fingerprint density at radius 1 is 0.628 bits per heavy atom. The summed E-state index contributed by atoms with van der Waals surface area (Å²) in [5, 5.41) is 33.1. The number of amides is 1. The van der Waals surface area contributed by atoms with Gasteiger partial charge in [-0.25, -0.2) is 0 Å². The van der Waals surface area contributed by atoms with Crippen LogP contribution in [-0.2, 0) is 4.79 Å². The second kappa shape index (κ2) is 33.5. The molecule has 0 aliphatic carbocycles. The molecule has 1 amide bonds. The van der Waals surface area contributed by atoms with Crippen LogP contribution in [0.4, 0.5) is 0 Å². The van der Waals surface area contributed by atoms with E-state index in [9.17, 15) is 20.1 Å². The smallest absolute Gasteiger partial charge is 0.220 e. The van der Waals surface area contributed by atoms with Crippen LogP contribution in [0.15, 0.2) is 36.5 Å². The van der Waals surface area contributed by atoms with Gasteiger partial charge in [-0.05, 0) is 38.5 Å². The highest BCUT2D eigenvalue weighted by Crippen LogP contribution is 2.14. The number of allylic oxidation sites excluding steroid dienone is 5. The van der Waals surface area contributed by atoms with E-state index in [0.717, 1.165) is 25.7 Å². The van der Waals surface area contributed by atoms with Crippen LogP contribution in [-0.4, -0.2) is 46.1 Å². The first-order valence-corrected chi connectivity index (χ1v) is 18.3. The Morgan fingerprint density at radius 3 is 1.72 bits per heavy atom. The number of nitrogens with one attached hydrogen (secondary N) is 1. The third-order valence-corrected chi connectivity index (χ3v) is 8.26. The number of carbonyl (C=O) groups excluding carboxylic acids is 1. The first kappa shape index (κ1) is 41.6. The molecule has 4 N–H and O–H groups in total. The lowest BCUT2D eigenvalue weighted by Gasteiger charge is -2.22. The highest BCUT2D eigenvalue weighted by Gasteiger charge is 2.20. The van der Waals surface area contributed by atoms with Gasteiger partial charge in [0.1, 0.15) is 0 Å². The van der Waals surface area contributed by atoms with Crippen LogP contribution in [0.1, 0.15) is 174 Å². The number of hydrogen-bond donors (Lipinski definition) is 4. The summed E-state index contributed by atoms with van der Waals surface area (Å²) in [6, 6.07) is -0.625. The summed E-state index contributed by atoms with van der Waals surface area (Å²) in [7, 11) is 0. The van der Waals surface area contributed by atoms with Gasteiger partial charge >= 0.3 is 0 Å². The molecule has 0 aromatic carbocycles. The minimum Gasteiger partial charge on any atom is -0.394 e. The average Bonchev–Trinajstić information content (AvgIpc) is 3.00. The molecule has 0 spiro atoms. The molecule has 0 rings (SSSR count). The largest absolute Gasteiger partial charge is 0.394 e. The quantitative estimate of drug-likeness (QED) is 0.0349. The highest BCUT2D eigenvalue weighted by atomic mass is 16.3. The molecule has 0 fully saturated rings. The van der Waals surface area contributed by atoms with Crippen LogP contribution in [0, 0.1) is 0 Å². The number of aliphatic hydroxyl groups is 3. The Bertz CT molecular complexity index is 675. The molecule has 0 aromatic rings. The van der Waals surface area contributed by atoms with Crippen molar-refractivity contribution in [2.24, 2.45) is 0 Å². The molecular formula is C38H71NO4. The first-order chi connectivity index (χ1) is 21.0. The van der Waals surface area contributed by atoms with E-state index in [1.165, 1.54) is 109 Å². The summed E-state index contributed by atoms with van der Waals surface area (Å²) in [4.78, 5) is 12.3. The van der Waals surface area contributed by atoms with E-state index in [4.69, 9.17) is 0 Å². The van der Waals surface area contributed by atoms with Gasteiger partial charge in [-0.3, -0.25) is 4.79 Å². The van der Waals surface area contributed by atoms with Crippen LogP contribution >= 0.6 is 0 Å². The summed E-state index contributed by atoms with van der Waals surface area (Å²) >= 11 is 0. The van der Waals surface area contributed by atoms with Gasteiger partial charge < -0.3 is 20.6 Å². The summed E-state index contributed by atoms with van der Waals surface area (Å²) in [6.45, 7) is 4.24. The minimum absolute atomic E-state index is 0.188. The zero-order chi connectivity index (χ0) is 31.6. The third kappa shape index (κ3) is 30.4. The van der Waals surface area contributed by atoms with Crippen molar-refractivity contribution in [3.63, 3.8) is 0 Å². The molecule has 0 aromatic heterocycles. The van der Waals surface area contributed by atoms with E-state index >= 15 is 0 Å². The predicted octanol–water partition coefficient (Wildman–Crippen LogP) is 9.65. The van der Waals surface area contributed by atoms with Crippen molar-refractivity contribution in [2.45, 2.75) is 193 Å². The number of carbonyl (C=O) groups is 1. The van der Waals surface area contributed by atoms with Crippen molar-refractivity contribution >= 4 is 5.91 Å². The molecule has 1 unspecified atom stereocenters. The zero-order valence-corrected chi connectivity index (χ0v) is 28.3. The topological polar surface area (TPSA) is 89.8 Å². The maximum Gasteiger partial charge on any atom is 0.220 e. The van der Waals surface area contributed by atoms with Crippen LogP contribution in [0.25, 0.3) is 0 Å². The summed E-state index contributed by atoms with van der Waals surface area (Å²) < 4.78 is 0. The van der Waals surface area contributed by atoms with E-state index < -0.39 is 18.2 Å². The van der Waals surface area contributed by atoms with E-state index in [0.29, 0.717) is 19.3 Å². The molecule has 43 heavy (non-hydrogen) atoms. The number of aliphatic hydroxyl groups excluding tert-OH is 3. The lowest BCUT2D eigenvalue weighted by Crippen LogP contribution is -2.45. The van der Waals surface area contributed by atoms with Gasteiger partial charge in [0.05, 0.1) is 24.9 Å². The van der Waals surface area contributed by atoms with Gasteiger partial charge in [-0.1, -0.05) is 166 Å². The van der Waals surface area contributed by atoms with Gasteiger partial charge in [-0.15, -0.1) is 0 Å². The van der Waals surface area contributed by atoms with Gasteiger partial charge in [0, 0.05) is 6.42 Å². The van der Waals surface area contributed by atoms with Crippen molar-refractivity contribution in [1.29, 1.82) is 0 Å². The van der Waals surface area contributed by atoms with E-state index in [2.05, 4.69) is 37.4 Å².